The molecule has 0 radical (unpaired) electrons. The summed E-state index contributed by atoms with van der Waals surface area (Å²) in [5.74, 6) is 3.19. The SMILES string of the molecule is CCOc1ccc(COc2ccc(NC(=O)c3ccc(COc4ccccc4Br)o3)cc2)cc1OCC. The molecule has 0 saturated heterocycles. The number of benzene rings is 3. The number of para-hydroxylation sites is 1. The van der Waals surface area contributed by atoms with Crippen molar-refractivity contribution in [2.45, 2.75) is 27.1 Å². The van der Waals surface area contributed by atoms with Crippen molar-refractivity contribution in [1.29, 1.82) is 0 Å². The molecule has 0 aliphatic heterocycles. The van der Waals surface area contributed by atoms with Gasteiger partial charge in [-0.1, -0.05) is 18.2 Å². The molecule has 7 nitrogen and oxygen atoms in total. The van der Waals surface area contributed by atoms with E-state index in [4.69, 9.17) is 23.4 Å². The Kier molecular flexibility index (Phi) is 9.10. The third kappa shape index (κ3) is 7.30. The number of carbonyl (C=O) groups is 1. The van der Waals surface area contributed by atoms with Gasteiger partial charge in [-0.3, -0.25) is 4.79 Å². The first kappa shape index (κ1) is 26.2. The van der Waals surface area contributed by atoms with E-state index in [0.717, 1.165) is 10.0 Å². The molecule has 192 valence electrons. The first-order chi connectivity index (χ1) is 18.1. The highest BCUT2D eigenvalue weighted by Gasteiger charge is 2.13. The zero-order valence-electron chi connectivity index (χ0n) is 20.7. The third-order valence-corrected chi connectivity index (χ3v) is 5.87. The van der Waals surface area contributed by atoms with Crippen LogP contribution >= 0.6 is 15.9 Å². The maximum Gasteiger partial charge on any atom is 0.291 e. The molecule has 1 amide bonds. The second-order valence-corrected chi connectivity index (χ2v) is 8.75. The summed E-state index contributed by atoms with van der Waals surface area (Å²) in [6.45, 7) is 5.57. The highest BCUT2D eigenvalue weighted by atomic mass is 79.9. The third-order valence-electron chi connectivity index (χ3n) is 5.22. The van der Waals surface area contributed by atoms with Gasteiger partial charge in [0.2, 0.25) is 0 Å². The van der Waals surface area contributed by atoms with Crippen LogP contribution in [0.4, 0.5) is 5.69 Å². The van der Waals surface area contributed by atoms with Crippen molar-refractivity contribution in [3.05, 3.63) is 100 Å². The highest BCUT2D eigenvalue weighted by molar-refractivity contribution is 9.10. The number of halogens is 1. The molecule has 0 atom stereocenters. The first-order valence-corrected chi connectivity index (χ1v) is 12.7. The zero-order chi connectivity index (χ0) is 26.0. The normalized spacial score (nSPS) is 10.6. The van der Waals surface area contributed by atoms with E-state index in [0.29, 0.717) is 54.3 Å². The van der Waals surface area contributed by atoms with Crippen LogP contribution in [0.25, 0.3) is 0 Å². The Balaban J connectivity index is 1.29. The van der Waals surface area contributed by atoms with E-state index in [1.165, 1.54) is 0 Å². The van der Waals surface area contributed by atoms with Gasteiger partial charge in [-0.05, 0) is 96.0 Å². The second kappa shape index (κ2) is 12.9. The lowest BCUT2D eigenvalue weighted by molar-refractivity contribution is 0.0992. The van der Waals surface area contributed by atoms with E-state index < -0.39 is 0 Å². The van der Waals surface area contributed by atoms with Gasteiger partial charge in [-0.25, -0.2) is 0 Å². The van der Waals surface area contributed by atoms with Gasteiger partial charge in [0.15, 0.2) is 17.3 Å². The fourth-order valence-electron chi connectivity index (χ4n) is 3.47. The fourth-order valence-corrected chi connectivity index (χ4v) is 3.87. The molecule has 1 N–H and O–H groups in total. The molecule has 0 aliphatic carbocycles. The molecule has 0 fully saturated rings. The molecule has 1 aromatic heterocycles. The average molecular weight is 566 g/mol. The summed E-state index contributed by atoms with van der Waals surface area (Å²) in [5.41, 5.74) is 1.58. The molecule has 37 heavy (non-hydrogen) atoms. The van der Waals surface area contributed by atoms with Gasteiger partial charge < -0.3 is 28.7 Å². The van der Waals surface area contributed by atoms with Gasteiger partial charge in [-0.2, -0.15) is 0 Å². The molecule has 0 spiro atoms. The monoisotopic (exact) mass is 565 g/mol. The summed E-state index contributed by atoms with van der Waals surface area (Å²) in [6.07, 6.45) is 0. The van der Waals surface area contributed by atoms with E-state index in [1.54, 1.807) is 36.4 Å². The summed E-state index contributed by atoms with van der Waals surface area (Å²) in [4.78, 5) is 12.6. The number of nitrogens with one attached hydrogen (secondary N) is 1. The van der Waals surface area contributed by atoms with Crippen LogP contribution < -0.4 is 24.3 Å². The van der Waals surface area contributed by atoms with Gasteiger partial charge in [-0.15, -0.1) is 0 Å². The van der Waals surface area contributed by atoms with E-state index in [9.17, 15) is 4.79 Å². The minimum atomic E-state index is -0.348. The molecule has 0 unspecified atom stereocenters. The van der Waals surface area contributed by atoms with Gasteiger partial charge in [0.1, 0.15) is 30.5 Å². The van der Waals surface area contributed by atoms with Crippen LogP contribution in [0.1, 0.15) is 35.7 Å². The maximum absolute atomic E-state index is 12.6. The van der Waals surface area contributed by atoms with Crippen molar-refractivity contribution < 1.29 is 28.2 Å². The van der Waals surface area contributed by atoms with Gasteiger partial charge >= 0.3 is 0 Å². The quantitative estimate of drug-likeness (QED) is 0.195. The predicted octanol–water partition coefficient (Wildman–Crippen LogP) is 7.25. The van der Waals surface area contributed by atoms with Crippen LogP contribution in [0.15, 0.2) is 87.8 Å². The van der Waals surface area contributed by atoms with Crippen molar-refractivity contribution >= 4 is 27.5 Å². The van der Waals surface area contributed by atoms with Gasteiger partial charge in [0.25, 0.3) is 5.91 Å². The average Bonchev–Trinajstić information content (AvgIpc) is 3.39. The highest BCUT2D eigenvalue weighted by Crippen LogP contribution is 2.29. The topological polar surface area (TPSA) is 79.2 Å². The lowest BCUT2D eigenvalue weighted by atomic mass is 10.2. The molecular formula is C29H28BrNO6. The number of furan rings is 1. The summed E-state index contributed by atoms with van der Waals surface area (Å²) in [7, 11) is 0. The lowest BCUT2D eigenvalue weighted by Crippen LogP contribution is -2.10. The molecule has 0 saturated carbocycles. The molecule has 1 heterocycles. The van der Waals surface area contributed by atoms with Crippen LogP contribution in [-0.4, -0.2) is 19.1 Å². The molecule has 0 bridgehead atoms. The van der Waals surface area contributed by atoms with Crippen molar-refractivity contribution in [2.75, 3.05) is 18.5 Å². The number of rotatable bonds is 12. The van der Waals surface area contributed by atoms with Crippen LogP contribution in [0.3, 0.4) is 0 Å². The number of hydrogen-bond donors (Lipinski definition) is 1. The number of anilines is 1. The van der Waals surface area contributed by atoms with Crippen molar-refractivity contribution in [1.82, 2.24) is 0 Å². The van der Waals surface area contributed by atoms with E-state index in [1.807, 2.05) is 56.3 Å². The van der Waals surface area contributed by atoms with Crippen LogP contribution in [0.2, 0.25) is 0 Å². The summed E-state index contributed by atoms with van der Waals surface area (Å²) >= 11 is 3.44. The summed E-state index contributed by atoms with van der Waals surface area (Å²) < 4.78 is 29.4. The fraction of sp³-hybridized carbons (Fsp3) is 0.207. The molecule has 3 aromatic carbocycles. The van der Waals surface area contributed by atoms with Crippen molar-refractivity contribution in [2.24, 2.45) is 0 Å². The van der Waals surface area contributed by atoms with E-state index in [-0.39, 0.29) is 18.3 Å². The Labute approximate surface area is 224 Å². The lowest BCUT2D eigenvalue weighted by Gasteiger charge is -2.13. The Bertz CT molecular complexity index is 1320. The largest absolute Gasteiger partial charge is 0.490 e. The Morgan fingerprint density at radius 2 is 1.54 bits per heavy atom. The number of hydrogen-bond acceptors (Lipinski definition) is 6. The maximum atomic E-state index is 12.6. The molecule has 4 rings (SSSR count). The number of amides is 1. The first-order valence-electron chi connectivity index (χ1n) is 11.9. The van der Waals surface area contributed by atoms with Gasteiger partial charge in [0.05, 0.1) is 17.7 Å². The molecular weight excluding hydrogens is 538 g/mol. The summed E-state index contributed by atoms with van der Waals surface area (Å²) in [5, 5.41) is 2.83. The van der Waals surface area contributed by atoms with Crippen molar-refractivity contribution in [3.8, 4) is 23.0 Å². The zero-order valence-corrected chi connectivity index (χ0v) is 22.2. The van der Waals surface area contributed by atoms with Crippen LogP contribution in [0.5, 0.6) is 23.0 Å². The van der Waals surface area contributed by atoms with E-state index >= 15 is 0 Å². The number of carbonyl (C=O) groups excluding carboxylic acids is 1. The Morgan fingerprint density at radius 3 is 2.30 bits per heavy atom. The molecule has 4 aromatic rings. The molecule has 8 heteroatoms. The Hall–Kier alpha value is -3.91. The second-order valence-electron chi connectivity index (χ2n) is 7.90. The van der Waals surface area contributed by atoms with Crippen LogP contribution in [-0.2, 0) is 13.2 Å². The standard InChI is InChI=1S/C29H28BrNO6/c1-3-33-26-15-9-20(17-28(26)34-4-2)18-35-22-12-10-21(11-13-22)31-29(32)27-16-14-23(37-27)19-36-25-8-6-5-7-24(25)30/h5-17H,3-4,18-19H2,1-2H3,(H,31,32). The van der Waals surface area contributed by atoms with E-state index in [2.05, 4.69) is 21.2 Å². The van der Waals surface area contributed by atoms with Crippen molar-refractivity contribution in [3.63, 3.8) is 0 Å². The smallest absolute Gasteiger partial charge is 0.291 e. The molecule has 0 aliphatic rings. The minimum Gasteiger partial charge on any atom is -0.490 e. The summed E-state index contributed by atoms with van der Waals surface area (Å²) in [6, 6.07) is 23.8. The van der Waals surface area contributed by atoms with Gasteiger partial charge in [0, 0.05) is 5.69 Å². The predicted molar refractivity (Wildman–Crippen MR) is 145 cm³/mol. The van der Waals surface area contributed by atoms with Crippen LogP contribution in [0, 0.1) is 0 Å². The minimum absolute atomic E-state index is 0.201. The Morgan fingerprint density at radius 1 is 0.784 bits per heavy atom. The number of ether oxygens (including phenoxy) is 4.